The van der Waals surface area contributed by atoms with Gasteiger partial charge in [-0.2, -0.15) is 0 Å². The quantitative estimate of drug-likeness (QED) is 0.859. The molecule has 0 aliphatic carbocycles. The SMILES string of the molecule is Cc1ccc(CN2C(=O)NC(C)(Cc3ccc4c(c3)OCO4)C2=O)cc1. The fraction of sp³-hybridized carbons (Fsp3) is 0.300. The van der Waals surface area contributed by atoms with Crippen molar-refractivity contribution in [2.75, 3.05) is 6.79 Å². The minimum absolute atomic E-state index is 0.204. The summed E-state index contributed by atoms with van der Waals surface area (Å²) in [4.78, 5) is 26.6. The fourth-order valence-corrected chi connectivity index (χ4v) is 3.35. The third-order valence-corrected chi connectivity index (χ3v) is 4.80. The molecule has 2 aliphatic rings. The maximum absolute atomic E-state index is 12.9. The van der Waals surface area contributed by atoms with E-state index in [0.29, 0.717) is 17.9 Å². The van der Waals surface area contributed by atoms with Gasteiger partial charge >= 0.3 is 6.03 Å². The molecule has 1 unspecified atom stereocenters. The Morgan fingerprint density at radius 1 is 1.04 bits per heavy atom. The van der Waals surface area contributed by atoms with E-state index in [9.17, 15) is 9.59 Å². The number of hydrogen-bond donors (Lipinski definition) is 1. The summed E-state index contributed by atoms with van der Waals surface area (Å²) in [6.45, 7) is 4.23. The molecule has 0 bridgehead atoms. The van der Waals surface area contributed by atoms with Crippen LogP contribution in [0.1, 0.15) is 23.6 Å². The molecule has 1 N–H and O–H groups in total. The van der Waals surface area contributed by atoms with Crippen LogP contribution >= 0.6 is 0 Å². The standard InChI is InChI=1S/C20H20N2O4/c1-13-3-5-14(6-4-13)11-22-18(23)20(2,21-19(22)24)10-15-7-8-16-17(9-15)26-12-25-16/h3-9H,10-12H2,1-2H3,(H,21,24). The lowest BCUT2D eigenvalue weighted by molar-refractivity contribution is -0.131. The van der Waals surface area contributed by atoms with Crippen LogP contribution in [0.25, 0.3) is 0 Å². The van der Waals surface area contributed by atoms with Gasteiger partial charge in [0.15, 0.2) is 11.5 Å². The number of rotatable bonds is 4. The number of imide groups is 1. The topological polar surface area (TPSA) is 67.9 Å². The van der Waals surface area contributed by atoms with Gasteiger partial charge in [0.2, 0.25) is 6.79 Å². The van der Waals surface area contributed by atoms with Crippen molar-refractivity contribution in [3.05, 3.63) is 59.2 Å². The maximum Gasteiger partial charge on any atom is 0.325 e. The molecule has 2 aliphatic heterocycles. The Morgan fingerprint density at radius 3 is 2.50 bits per heavy atom. The van der Waals surface area contributed by atoms with Crippen molar-refractivity contribution in [3.8, 4) is 11.5 Å². The van der Waals surface area contributed by atoms with Gasteiger partial charge in [0.25, 0.3) is 5.91 Å². The number of urea groups is 1. The van der Waals surface area contributed by atoms with Gasteiger partial charge in [-0.15, -0.1) is 0 Å². The Balaban J connectivity index is 1.52. The third kappa shape index (κ3) is 2.87. The Kier molecular flexibility index (Phi) is 3.83. The number of carbonyl (C=O) groups excluding carboxylic acids is 2. The van der Waals surface area contributed by atoms with E-state index in [1.165, 1.54) is 4.90 Å². The Bertz CT molecular complexity index is 878. The molecule has 6 heteroatoms. The molecule has 2 aromatic rings. The molecule has 6 nitrogen and oxygen atoms in total. The third-order valence-electron chi connectivity index (χ3n) is 4.80. The highest BCUT2D eigenvalue weighted by atomic mass is 16.7. The van der Waals surface area contributed by atoms with Crippen LogP contribution in [0.15, 0.2) is 42.5 Å². The van der Waals surface area contributed by atoms with Crippen LogP contribution in [0.4, 0.5) is 4.79 Å². The van der Waals surface area contributed by atoms with Gasteiger partial charge in [0.1, 0.15) is 5.54 Å². The van der Waals surface area contributed by atoms with E-state index in [4.69, 9.17) is 9.47 Å². The van der Waals surface area contributed by atoms with Crippen LogP contribution in [-0.4, -0.2) is 29.2 Å². The van der Waals surface area contributed by atoms with E-state index in [2.05, 4.69) is 5.32 Å². The van der Waals surface area contributed by atoms with E-state index < -0.39 is 5.54 Å². The Morgan fingerprint density at radius 2 is 1.73 bits per heavy atom. The highest BCUT2D eigenvalue weighted by Gasteiger charge is 2.47. The minimum Gasteiger partial charge on any atom is -0.454 e. The summed E-state index contributed by atoms with van der Waals surface area (Å²) < 4.78 is 10.7. The summed E-state index contributed by atoms with van der Waals surface area (Å²) in [7, 11) is 0. The van der Waals surface area contributed by atoms with Gasteiger partial charge in [-0.1, -0.05) is 35.9 Å². The number of nitrogens with zero attached hydrogens (tertiary/aromatic N) is 1. The summed E-state index contributed by atoms with van der Waals surface area (Å²) in [5, 5.41) is 2.84. The molecule has 2 heterocycles. The summed E-state index contributed by atoms with van der Waals surface area (Å²) in [5.41, 5.74) is 1.99. The average molecular weight is 352 g/mol. The summed E-state index contributed by atoms with van der Waals surface area (Å²) in [5.74, 6) is 1.14. The first-order valence-electron chi connectivity index (χ1n) is 8.53. The number of aryl methyl sites for hydroxylation is 1. The molecule has 0 radical (unpaired) electrons. The minimum atomic E-state index is -0.977. The number of benzene rings is 2. The van der Waals surface area contributed by atoms with E-state index in [1.54, 1.807) is 6.92 Å². The van der Waals surface area contributed by atoms with E-state index in [1.807, 2.05) is 49.4 Å². The van der Waals surface area contributed by atoms with Gasteiger partial charge in [-0.05, 0) is 37.1 Å². The Hall–Kier alpha value is -3.02. The highest BCUT2D eigenvalue weighted by molar-refractivity contribution is 6.06. The van der Waals surface area contributed by atoms with Gasteiger partial charge in [0.05, 0.1) is 6.54 Å². The normalized spacial score (nSPS) is 21.2. The van der Waals surface area contributed by atoms with E-state index >= 15 is 0 Å². The lowest BCUT2D eigenvalue weighted by atomic mass is 9.92. The van der Waals surface area contributed by atoms with Crippen LogP contribution in [0.2, 0.25) is 0 Å². The average Bonchev–Trinajstić information content (AvgIpc) is 3.15. The van der Waals surface area contributed by atoms with Crippen molar-refractivity contribution in [3.63, 3.8) is 0 Å². The molecule has 134 valence electrons. The molecule has 2 aromatic carbocycles. The number of nitrogens with one attached hydrogen (secondary N) is 1. The molecular formula is C20H20N2O4. The van der Waals surface area contributed by atoms with Gasteiger partial charge in [-0.3, -0.25) is 9.69 Å². The predicted molar refractivity (Wildman–Crippen MR) is 94.9 cm³/mol. The second-order valence-electron chi connectivity index (χ2n) is 7.00. The number of amides is 3. The first-order valence-corrected chi connectivity index (χ1v) is 8.53. The second kappa shape index (κ2) is 6.05. The van der Waals surface area contributed by atoms with Crippen LogP contribution in [-0.2, 0) is 17.8 Å². The van der Waals surface area contributed by atoms with Gasteiger partial charge in [0, 0.05) is 6.42 Å². The zero-order chi connectivity index (χ0) is 18.3. The molecular weight excluding hydrogens is 332 g/mol. The first kappa shape index (κ1) is 16.4. The summed E-state index contributed by atoms with van der Waals surface area (Å²) in [6, 6.07) is 13.0. The van der Waals surface area contributed by atoms with Gasteiger partial charge in [-0.25, -0.2) is 4.79 Å². The zero-order valence-corrected chi connectivity index (χ0v) is 14.7. The van der Waals surface area contributed by atoms with Crippen LogP contribution < -0.4 is 14.8 Å². The maximum atomic E-state index is 12.9. The molecule has 1 atom stereocenters. The lowest BCUT2D eigenvalue weighted by Gasteiger charge is -2.22. The van der Waals surface area contributed by atoms with Crippen LogP contribution in [0, 0.1) is 6.92 Å². The molecule has 1 fully saturated rings. The molecule has 3 amide bonds. The lowest BCUT2D eigenvalue weighted by Crippen LogP contribution is -2.45. The summed E-state index contributed by atoms with van der Waals surface area (Å²) >= 11 is 0. The molecule has 1 saturated heterocycles. The summed E-state index contributed by atoms with van der Waals surface area (Å²) in [6.07, 6.45) is 0.388. The van der Waals surface area contributed by atoms with Crippen molar-refractivity contribution in [1.29, 1.82) is 0 Å². The van der Waals surface area contributed by atoms with Crippen molar-refractivity contribution >= 4 is 11.9 Å². The van der Waals surface area contributed by atoms with Crippen molar-refractivity contribution in [2.45, 2.75) is 32.4 Å². The largest absolute Gasteiger partial charge is 0.454 e. The van der Waals surface area contributed by atoms with Crippen LogP contribution in [0.5, 0.6) is 11.5 Å². The smallest absolute Gasteiger partial charge is 0.325 e. The van der Waals surface area contributed by atoms with Crippen LogP contribution in [0.3, 0.4) is 0 Å². The monoisotopic (exact) mass is 352 g/mol. The highest BCUT2D eigenvalue weighted by Crippen LogP contribution is 2.34. The first-order chi connectivity index (χ1) is 12.4. The Labute approximate surface area is 151 Å². The molecule has 0 saturated carbocycles. The number of hydrogen-bond acceptors (Lipinski definition) is 4. The molecule has 0 spiro atoms. The predicted octanol–water partition coefficient (Wildman–Crippen LogP) is 2.78. The molecule has 26 heavy (non-hydrogen) atoms. The molecule has 4 rings (SSSR count). The van der Waals surface area contributed by atoms with E-state index in [-0.39, 0.29) is 25.3 Å². The zero-order valence-electron chi connectivity index (χ0n) is 14.7. The molecule has 0 aromatic heterocycles. The van der Waals surface area contributed by atoms with E-state index in [0.717, 1.165) is 16.7 Å². The second-order valence-corrected chi connectivity index (χ2v) is 7.00. The number of ether oxygens (including phenoxy) is 2. The van der Waals surface area contributed by atoms with Gasteiger partial charge < -0.3 is 14.8 Å². The van der Waals surface area contributed by atoms with Crippen molar-refractivity contribution < 1.29 is 19.1 Å². The fourth-order valence-electron chi connectivity index (χ4n) is 3.35. The van der Waals surface area contributed by atoms with Crippen molar-refractivity contribution in [1.82, 2.24) is 10.2 Å². The number of carbonyl (C=O) groups is 2. The number of fused-ring (bicyclic) bond motifs is 1. The van der Waals surface area contributed by atoms with Crippen molar-refractivity contribution in [2.24, 2.45) is 0 Å².